The molecule has 2 fully saturated rings. The van der Waals surface area contributed by atoms with Crippen molar-refractivity contribution in [1.29, 1.82) is 0 Å². The van der Waals surface area contributed by atoms with Gasteiger partial charge in [-0.15, -0.1) is 0 Å². The molecular weight excluding hydrogens is 302 g/mol. The molecule has 0 aromatic heterocycles. The van der Waals surface area contributed by atoms with Crippen molar-refractivity contribution in [3.05, 3.63) is 0 Å². The summed E-state index contributed by atoms with van der Waals surface area (Å²) in [5.74, 6) is 1.71. The maximum absolute atomic E-state index is 12.4. The third-order valence-corrected chi connectivity index (χ3v) is 6.23. The highest BCUT2D eigenvalue weighted by molar-refractivity contribution is 5.72. The van der Waals surface area contributed by atoms with Gasteiger partial charge >= 0.3 is 5.97 Å². The minimum Gasteiger partial charge on any atom is -0.462 e. The molecule has 2 atom stereocenters. The van der Waals surface area contributed by atoms with E-state index < -0.39 is 0 Å². The molecule has 0 aliphatic heterocycles. The van der Waals surface area contributed by atoms with Crippen LogP contribution in [0.2, 0.25) is 0 Å². The van der Waals surface area contributed by atoms with E-state index in [9.17, 15) is 9.90 Å². The Bertz CT molecular complexity index is 369. The number of aliphatic hydroxyl groups is 1. The van der Waals surface area contributed by atoms with Crippen molar-refractivity contribution in [3.8, 4) is 0 Å². The number of nitrogens with two attached hydrogens (primary N) is 1. The zero-order valence-corrected chi connectivity index (χ0v) is 15.6. The number of ether oxygens (including phenoxy) is 1. The Balaban J connectivity index is 1.71. The van der Waals surface area contributed by atoms with Crippen LogP contribution in [0.5, 0.6) is 0 Å². The van der Waals surface area contributed by atoms with Gasteiger partial charge in [-0.3, -0.25) is 4.79 Å². The first kappa shape index (κ1) is 19.7. The number of carbonyl (C=O) groups is 1. The molecule has 0 saturated heterocycles. The molecule has 140 valence electrons. The summed E-state index contributed by atoms with van der Waals surface area (Å²) in [6, 6.07) is 0.417. The Hall–Kier alpha value is -0.610. The summed E-state index contributed by atoms with van der Waals surface area (Å²) in [6.45, 7) is 3.83. The molecule has 2 aliphatic carbocycles. The maximum Gasteiger partial charge on any atom is 0.309 e. The maximum atomic E-state index is 12.4. The van der Waals surface area contributed by atoms with Gasteiger partial charge in [0.25, 0.3) is 0 Å². The van der Waals surface area contributed by atoms with Crippen molar-refractivity contribution in [2.24, 2.45) is 23.5 Å². The van der Waals surface area contributed by atoms with E-state index in [4.69, 9.17) is 10.5 Å². The summed E-state index contributed by atoms with van der Waals surface area (Å²) in [5.41, 5.74) is 6.01. The standard InChI is InChI=1S/C20H37NO3/c1-3-19(13-4-14(2)22)24-20(23)17-7-5-15(6-8-17)16-9-11-18(21)12-10-16/h14-19,22H,3-13,21H2,1-2H3. The van der Waals surface area contributed by atoms with Gasteiger partial charge < -0.3 is 15.6 Å². The highest BCUT2D eigenvalue weighted by Gasteiger charge is 2.33. The molecule has 0 spiro atoms. The molecule has 2 rings (SSSR count). The molecule has 0 radical (unpaired) electrons. The number of hydrogen-bond acceptors (Lipinski definition) is 4. The van der Waals surface area contributed by atoms with E-state index in [2.05, 4.69) is 0 Å². The molecule has 24 heavy (non-hydrogen) atoms. The van der Waals surface area contributed by atoms with Gasteiger partial charge in [-0.25, -0.2) is 0 Å². The Labute approximate surface area is 147 Å². The number of hydrogen-bond donors (Lipinski definition) is 2. The van der Waals surface area contributed by atoms with Crippen LogP contribution in [-0.4, -0.2) is 29.3 Å². The molecule has 4 heteroatoms. The van der Waals surface area contributed by atoms with Crippen molar-refractivity contribution in [1.82, 2.24) is 0 Å². The molecule has 0 aromatic carbocycles. The fourth-order valence-corrected chi connectivity index (χ4v) is 4.48. The average molecular weight is 340 g/mol. The zero-order valence-electron chi connectivity index (χ0n) is 15.6. The third kappa shape index (κ3) is 6.03. The van der Waals surface area contributed by atoms with Crippen molar-refractivity contribution in [2.45, 2.75) is 103 Å². The second kappa shape index (κ2) is 9.76. The normalized spacial score (nSPS) is 33.7. The molecule has 4 nitrogen and oxygen atoms in total. The first-order valence-corrected chi connectivity index (χ1v) is 10.1. The smallest absolute Gasteiger partial charge is 0.309 e. The monoisotopic (exact) mass is 339 g/mol. The fraction of sp³-hybridized carbons (Fsp3) is 0.950. The molecule has 3 N–H and O–H groups in total. The van der Waals surface area contributed by atoms with E-state index in [1.807, 2.05) is 6.92 Å². The first-order valence-electron chi connectivity index (χ1n) is 10.1. The summed E-state index contributed by atoms with van der Waals surface area (Å²) < 4.78 is 5.72. The van der Waals surface area contributed by atoms with E-state index in [-0.39, 0.29) is 24.1 Å². The summed E-state index contributed by atoms with van der Waals surface area (Å²) in [4.78, 5) is 12.4. The lowest BCUT2D eigenvalue weighted by molar-refractivity contribution is -0.156. The first-order chi connectivity index (χ1) is 11.5. The highest BCUT2D eigenvalue weighted by atomic mass is 16.5. The van der Waals surface area contributed by atoms with Gasteiger partial charge in [0, 0.05) is 6.04 Å². The summed E-state index contributed by atoms with van der Waals surface area (Å²) >= 11 is 0. The van der Waals surface area contributed by atoms with Crippen LogP contribution < -0.4 is 5.73 Å². The van der Waals surface area contributed by atoms with Crippen LogP contribution in [-0.2, 0) is 9.53 Å². The molecule has 0 heterocycles. The number of esters is 1. The molecule has 0 aromatic rings. The van der Waals surface area contributed by atoms with Crippen molar-refractivity contribution >= 4 is 5.97 Å². The number of carbonyl (C=O) groups excluding carboxylic acids is 1. The van der Waals surface area contributed by atoms with Crippen LogP contribution in [0, 0.1) is 17.8 Å². The fourth-order valence-electron chi connectivity index (χ4n) is 4.48. The van der Waals surface area contributed by atoms with Gasteiger partial charge in [-0.05, 0) is 89.4 Å². The molecule has 0 amide bonds. The van der Waals surface area contributed by atoms with Crippen LogP contribution in [0.4, 0.5) is 0 Å². The average Bonchev–Trinajstić information content (AvgIpc) is 2.59. The van der Waals surface area contributed by atoms with Gasteiger partial charge in [-0.1, -0.05) is 6.92 Å². The van der Waals surface area contributed by atoms with Gasteiger partial charge in [0.2, 0.25) is 0 Å². The molecule has 0 bridgehead atoms. The zero-order chi connectivity index (χ0) is 17.5. The largest absolute Gasteiger partial charge is 0.462 e. The van der Waals surface area contributed by atoms with Crippen LogP contribution in [0.15, 0.2) is 0 Å². The van der Waals surface area contributed by atoms with Gasteiger partial charge in [-0.2, -0.15) is 0 Å². The Morgan fingerprint density at radius 2 is 1.58 bits per heavy atom. The summed E-state index contributed by atoms with van der Waals surface area (Å²) in [6.07, 6.45) is 11.1. The molecule has 2 aliphatic rings. The predicted molar refractivity (Wildman–Crippen MR) is 96.5 cm³/mol. The van der Waals surface area contributed by atoms with Gasteiger partial charge in [0.05, 0.1) is 12.0 Å². The number of aliphatic hydroxyl groups excluding tert-OH is 1. The van der Waals surface area contributed by atoms with Crippen molar-refractivity contribution in [2.75, 3.05) is 0 Å². The number of rotatable bonds is 7. The molecule has 2 unspecified atom stereocenters. The van der Waals surface area contributed by atoms with Crippen LogP contribution in [0.3, 0.4) is 0 Å². The molecular formula is C20H37NO3. The quantitative estimate of drug-likeness (QED) is 0.692. The van der Waals surface area contributed by atoms with Gasteiger partial charge in [0.15, 0.2) is 0 Å². The Morgan fingerprint density at radius 3 is 2.08 bits per heavy atom. The molecule has 2 saturated carbocycles. The van der Waals surface area contributed by atoms with Crippen LogP contribution >= 0.6 is 0 Å². The lowest BCUT2D eigenvalue weighted by Crippen LogP contribution is -2.33. The lowest BCUT2D eigenvalue weighted by Gasteiger charge is -2.36. The predicted octanol–water partition coefficient (Wildman–Crippen LogP) is 3.79. The topological polar surface area (TPSA) is 72.5 Å². The van der Waals surface area contributed by atoms with E-state index in [0.29, 0.717) is 12.5 Å². The minimum atomic E-state index is -0.322. The SMILES string of the molecule is CCC(CCC(C)O)OC(=O)C1CCC(C2CCC(N)CC2)CC1. The summed E-state index contributed by atoms with van der Waals surface area (Å²) in [7, 11) is 0. The van der Waals surface area contributed by atoms with E-state index in [1.165, 1.54) is 38.5 Å². The minimum absolute atomic E-state index is 0.00319. The van der Waals surface area contributed by atoms with Crippen molar-refractivity contribution < 1.29 is 14.6 Å². The third-order valence-electron chi connectivity index (χ3n) is 6.23. The van der Waals surface area contributed by atoms with E-state index >= 15 is 0 Å². The Kier molecular flexibility index (Phi) is 8.02. The van der Waals surface area contributed by atoms with Gasteiger partial charge in [0.1, 0.15) is 6.10 Å². The Morgan fingerprint density at radius 1 is 1.04 bits per heavy atom. The van der Waals surface area contributed by atoms with E-state index in [0.717, 1.165) is 37.5 Å². The lowest BCUT2D eigenvalue weighted by atomic mass is 9.70. The van der Waals surface area contributed by atoms with E-state index in [1.54, 1.807) is 6.92 Å². The highest BCUT2D eigenvalue weighted by Crippen LogP contribution is 2.40. The second-order valence-corrected chi connectivity index (χ2v) is 8.18. The summed E-state index contributed by atoms with van der Waals surface area (Å²) in [5, 5.41) is 9.40. The second-order valence-electron chi connectivity index (χ2n) is 8.18. The van der Waals surface area contributed by atoms with Crippen molar-refractivity contribution in [3.63, 3.8) is 0 Å². The van der Waals surface area contributed by atoms with Crippen LogP contribution in [0.25, 0.3) is 0 Å². The van der Waals surface area contributed by atoms with Crippen LogP contribution in [0.1, 0.15) is 84.5 Å².